The third-order valence-electron chi connectivity index (χ3n) is 6.76. The van der Waals surface area contributed by atoms with Gasteiger partial charge in [-0.25, -0.2) is 4.79 Å². The Bertz CT molecular complexity index is 1210. The van der Waals surface area contributed by atoms with Gasteiger partial charge in [-0.2, -0.15) is 0 Å². The largest absolute Gasteiger partial charge is 0.481 e. The molecule has 7 heteroatoms. The first-order chi connectivity index (χ1) is 17.0. The molecule has 1 saturated heterocycles. The van der Waals surface area contributed by atoms with E-state index in [0.717, 1.165) is 27.8 Å². The minimum Gasteiger partial charge on any atom is -0.481 e. The second kappa shape index (κ2) is 9.62. The molecule has 0 saturated carbocycles. The highest BCUT2D eigenvalue weighted by Crippen LogP contribution is 2.44. The van der Waals surface area contributed by atoms with E-state index in [4.69, 9.17) is 9.84 Å². The van der Waals surface area contributed by atoms with Crippen LogP contribution < -0.4 is 5.32 Å². The van der Waals surface area contributed by atoms with E-state index < -0.39 is 24.0 Å². The molecule has 1 aliphatic carbocycles. The number of hydrogen-bond acceptors (Lipinski definition) is 4. The maximum atomic E-state index is 13.1. The SMILES string of the molecule is O=C(N[C@@H](Cc1ccccc1)C(=O)N1CC(C(=O)O)C1)OCC1c2ccccc2-c2ccccc21. The molecular formula is C28H26N2O5. The number of benzene rings is 3. The van der Waals surface area contributed by atoms with Crippen LogP contribution in [0, 0.1) is 5.92 Å². The zero-order valence-electron chi connectivity index (χ0n) is 19.1. The van der Waals surface area contributed by atoms with E-state index in [-0.39, 0.29) is 37.9 Å². The molecule has 0 aromatic heterocycles. The number of carbonyl (C=O) groups excluding carboxylic acids is 2. The summed E-state index contributed by atoms with van der Waals surface area (Å²) in [5, 5.41) is 11.9. The molecule has 1 fully saturated rings. The van der Waals surface area contributed by atoms with Crippen molar-refractivity contribution < 1.29 is 24.2 Å². The summed E-state index contributed by atoms with van der Waals surface area (Å²) in [4.78, 5) is 38.5. The average Bonchev–Trinajstić information content (AvgIpc) is 3.15. The molecule has 2 N–H and O–H groups in total. The number of rotatable bonds is 7. The van der Waals surface area contributed by atoms with Gasteiger partial charge in [0.05, 0.1) is 5.92 Å². The van der Waals surface area contributed by atoms with Crippen LogP contribution in [0.25, 0.3) is 11.1 Å². The number of nitrogens with one attached hydrogen (secondary N) is 1. The number of amides is 2. The van der Waals surface area contributed by atoms with Crippen molar-refractivity contribution >= 4 is 18.0 Å². The number of carbonyl (C=O) groups is 3. The van der Waals surface area contributed by atoms with E-state index in [9.17, 15) is 14.4 Å². The summed E-state index contributed by atoms with van der Waals surface area (Å²) in [7, 11) is 0. The fourth-order valence-electron chi connectivity index (χ4n) is 4.87. The number of carboxylic acids is 1. The number of nitrogens with zero attached hydrogens (tertiary/aromatic N) is 1. The summed E-state index contributed by atoms with van der Waals surface area (Å²) in [5.74, 6) is -1.87. The van der Waals surface area contributed by atoms with E-state index >= 15 is 0 Å². The lowest BCUT2D eigenvalue weighted by Gasteiger charge is -2.38. The zero-order valence-corrected chi connectivity index (χ0v) is 19.1. The minimum absolute atomic E-state index is 0.0804. The van der Waals surface area contributed by atoms with Crippen LogP contribution in [0.3, 0.4) is 0 Å². The molecule has 0 bridgehead atoms. The lowest BCUT2D eigenvalue weighted by Crippen LogP contribution is -2.59. The van der Waals surface area contributed by atoms with Gasteiger partial charge in [0.1, 0.15) is 12.6 Å². The van der Waals surface area contributed by atoms with Gasteiger partial charge in [0, 0.05) is 25.4 Å². The van der Waals surface area contributed by atoms with Crippen LogP contribution in [0.2, 0.25) is 0 Å². The Morgan fingerprint density at radius 2 is 1.46 bits per heavy atom. The number of fused-ring (bicyclic) bond motifs is 3. The number of hydrogen-bond donors (Lipinski definition) is 2. The van der Waals surface area contributed by atoms with E-state index in [1.165, 1.54) is 4.90 Å². The quantitative estimate of drug-likeness (QED) is 0.549. The lowest BCUT2D eigenvalue weighted by atomic mass is 9.97. The standard InChI is InChI=1S/C28H26N2O5/c31-26(30-15-19(16-30)27(32)33)25(14-18-8-2-1-3-9-18)29-28(34)35-17-24-22-12-6-4-10-20(22)21-11-5-7-13-23(21)24/h1-13,19,24-25H,14-17H2,(H,29,34)(H,32,33)/t25-/m0/s1. The Balaban J connectivity index is 1.27. The van der Waals surface area contributed by atoms with E-state index in [1.54, 1.807) is 0 Å². The van der Waals surface area contributed by atoms with Gasteiger partial charge in [-0.1, -0.05) is 78.9 Å². The Labute approximate surface area is 203 Å². The van der Waals surface area contributed by atoms with Crippen LogP contribution in [-0.2, 0) is 20.7 Å². The van der Waals surface area contributed by atoms with Crippen molar-refractivity contribution in [2.75, 3.05) is 19.7 Å². The normalized spacial score (nSPS) is 15.5. The van der Waals surface area contributed by atoms with Gasteiger partial charge in [0.2, 0.25) is 5.91 Å². The van der Waals surface area contributed by atoms with Crippen molar-refractivity contribution in [2.24, 2.45) is 5.92 Å². The molecule has 2 aliphatic rings. The maximum Gasteiger partial charge on any atom is 0.407 e. The molecular weight excluding hydrogens is 444 g/mol. The number of ether oxygens (including phenoxy) is 1. The summed E-state index contributed by atoms with van der Waals surface area (Å²) in [6, 6.07) is 24.7. The molecule has 178 valence electrons. The first kappa shape index (κ1) is 22.7. The monoisotopic (exact) mass is 470 g/mol. The molecule has 35 heavy (non-hydrogen) atoms. The Kier molecular flexibility index (Phi) is 6.23. The molecule has 2 amide bonds. The Morgan fingerprint density at radius 1 is 0.886 bits per heavy atom. The summed E-state index contributed by atoms with van der Waals surface area (Å²) in [6.07, 6.45) is -0.380. The van der Waals surface area contributed by atoms with Crippen LogP contribution in [0.5, 0.6) is 0 Å². The Hall–Kier alpha value is -4.13. The van der Waals surface area contributed by atoms with Gasteiger partial charge >= 0.3 is 12.1 Å². The van der Waals surface area contributed by atoms with Crippen molar-refractivity contribution in [2.45, 2.75) is 18.4 Å². The topological polar surface area (TPSA) is 95.9 Å². The van der Waals surface area contributed by atoms with Gasteiger partial charge in [0.25, 0.3) is 0 Å². The first-order valence-electron chi connectivity index (χ1n) is 11.7. The van der Waals surface area contributed by atoms with Crippen LogP contribution in [0.15, 0.2) is 78.9 Å². The van der Waals surface area contributed by atoms with Gasteiger partial charge in [0.15, 0.2) is 0 Å². The second-order valence-corrected chi connectivity index (χ2v) is 8.99. The molecule has 3 aromatic rings. The van der Waals surface area contributed by atoms with E-state index in [0.29, 0.717) is 0 Å². The highest BCUT2D eigenvalue weighted by Gasteiger charge is 2.39. The molecule has 3 aromatic carbocycles. The highest BCUT2D eigenvalue weighted by molar-refractivity contribution is 5.88. The number of likely N-dealkylation sites (tertiary alicyclic amines) is 1. The molecule has 1 atom stereocenters. The van der Waals surface area contributed by atoms with Crippen LogP contribution in [-0.4, -0.2) is 53.7 Å². The zero-order chi connectivity index (χ0) is 24.4. The van der Waals surface area contributed by atoms with Gasteiger partial charge in [-0.15, -0.1) is 0 Å². The van der Waals surface area contributed by atoms with Crippen molar-refractivity contribution in [1.29, 1.82) is 0 Å². The number of aliphatic carboxylic acids is 1. The van der Waals surface area contributed by atoms with Crippen LogP contribution >= 0.6 is 0 Å². The summed E-state index contributed by atoms with van der Waals surface area (Å²) >= 11 is 0. The average molecular weight is 471 g/mol. The predicted molar refractivity (Wildman–Crippen MR) is 130 cm³/mol. The van der Waals surface area contributed by atoms with Crippen molar-refractivity contribution in [3.8, 4) is 11.1 Å². The summed E-state index contributed by atoms with van der Waals surface area (Å²) in [5.41, 5.74) is 5.39. The highest BCUT2D eigenvalue weighted by atomic mass is 16.5. The molecule has 0 radical (unpaired) electrons. The third kappa shape index (κ3) is 4.62. The van der Waals surface area contributed by atoms with Gasteiger partial charge in [-0.05, 0) is 27.8 Å². The molecule has 0 unspecified atom stereocenters. The van der Waals surface area contributed by atoms with Crippen LogP contribution in [0.4, 0.5) is 4.79 Å². The number of alkyl carbamates (subject to hydrolysis) is 1. The molecule has 1 heterocycles. The van der Waals surface area contributed by atoms with E-state index in [2.05, 4.69) is 17.4 Å². The smallest absolute Gasteiger partial charge is 0.407 e. The maximum absolute atomic E-state index is 13.1. The van der Waals surface area contributed by atoms with Gasteiger partial charge < -0.3 is 20.1 Å². The fourth-order valence-corrected chi connectivity index (χ4v) is 4.87. The second-order valence-electron chi connectivity index (χ2n) is 8.99. The van der Waals surface area contributed by atoms with E-state index in [1.807, 2.05) is 66.7 Å². The molecule has 7 nitrogen and oxygen atoms in total. The summed E-state index contributed by atoms with van der Waals surface area (Å²) < 4.78 is 5.63. The lowest BCUT2D eigenvalue weighted by molar-refractivity contribution is -0.153. The molecule has 5 rings (SSSR count). The number of carboxylic acid groups (broad SMARTS) is 1. The van der Waals surface area contributed by atoms with Crippen LogP contribution in [0.1, 0.15) is 22.6 Å². The first-order valence-corrected chi connectivity index (χ1v) is 11.7. The van der Waals surface area contributed by atoms with Gasteiger partial charge in [-0.3, -0.25) is 9.59 Å². The predicted octanol–water partition coefficient (Wildman–Crippen LogP) is 3.68. The van der Waals surface area contributed by atoms with Crippen molar-refractivity contribution in [3.05, 3.63) is 95.6 Å². The molecule has 0 spiro atoms. The third-order valence-corrected chi connectivity index (χ3v) is 6.76. The molecule has 1 aliphatic heterocycles. The minimum atomic E-state index is -0.918. The Morgan fingerprint density at radius 3 is 2.06 bits per heavy atom. The summed E-state index contributed by atoms with van der Waals surface area (Å²) in [6.45, 7) is 0.439. The van der Waals surface area contributed by atoms with Crippen molar-refractivity contribution in [1.82, 2.24) is 10.2 Å². The fraction of sp³-hybridized carbons (Fsp3) is 0.250. The van der Waals surface area contributed by atoms with Crippen molar-refractivity contribution in [3.63, 3.8) is 0 Å².